The first kappa shape index (κ1) is 17.0. The molecule has 138 valence electrons. The molecular weight excluding hydrogens is 360 g/mol. The van der Waals surface area contributed by atoms with Gasteiger partial charge < -0.3 is 22.9 Å². The van der Waals surface area contributed by atoms with Crippen molar-refractivity contribution in [1.29, 1.82) is 0 Å². The first-order chi connectivity index (χ1) is 13.5. The second kappa shape index (κ2) is 6.68. The van der Waals surface area contributed by atoms with Crippen LogP contribution in [0.2, 0.25) is 0 Å². The molecule has 0 saturated carbocycles. The molecule has 0 radical (unpaired) electrons. The summed E-state index contributed by atoms with van der Waals surface area (Å²) in [7, 11) is 0. The van der Waals surface area contributed by atoms with Crippen LogP contribution in [0.1, 0.15) is 0 Å². The Morgan fingerprint density at radius 3 is 1.11 bits per heavy atom. The molecule has 0 fully saturated rings. The molecule has 0 saturated heterocycles. The van der Waals surface area contributed by atoms with Crippen LogP contribution in [0.3, 0.4) is 0 Å². The highest BCUT2D eigenvalue weighted by Crippen LogP contribution is 2.22. The average Bonchev–Trinajstić information content (AvgIpc) is 2.67. The van der Waals surface area contributed by atoms with E-state index in [-0.39, 0.29) is 23.8 Å². The van der Waals surface area contributed by atoms with Gasteiger partial charge in [0.2, 0.25) is 23.8 Å². The van der Waals surface area contributed by atoms with Gasteiger partial charge >= 0.3 is 0 Å². The smallest absolute Gasteiger partial charge is 0.225 e. The topological polar surface area (TPSA) is 207 Å². The summed E-state index contributed by atoms with van der Waals surface area (Å²) in [6, 6.07) is 7.15. The molecule has 0 aliphatic rings. The maximum atomic E-state index is 5.60. The molecule has 4 aromatic heterocycles. The number of nitrogens with two attached hydrogens (primary N) is 4. The summed E-state index contributed by atoms with van der Waals surface area (Å²) in [5, 5.41) is 0. The predicted octanol–water partition coefficient (Wildman–Crippen LogP) is 0.176. The summed E-state index contributed by atoms with van der Waals surface area (Å²) in [6.45, 7) is 0. The van der Waals surface area contributed by atoms with Crippen LogP contribution in [0.4, 0.5) is 23.8 Å². The SMILES string of the molecule is Nc1nc(N)nc(-c2ccc(-c3ccc(-c4nc(N)nc(N)n4)cn3)nc2)n1. The maximum Gasteiger partial charge on any atom is 0.225 e. The van der Waals surface area contributed by atoms with Gasteiger partial charge in [0.05, 0.1) is 11.4 Å². The number of nitrogen functional groups attached to an aromatic ring is 4. The normalized spacial score (nSPS) is 10.7. The number of anilines is 4. The molecule has 0 unspecified atom stereocenters. The minimum Gasteiger partial charge on any atom is -0.368 e. The molecule has 0 bridgehead atoms. The fraction of sp³-hybridized carbons (Fsp3) is 0. The Morgan fingerprint density at radius 1 is 0.464 bits per heavy atom. The van der Waals surface area contributed by atoms with Crippen LogP contribution in [0.15, 0.2) is 36.7 Å². The van der Waals surface area contributed by atoms with E-state index in [1.54, 1.807) is 36.7 Å². The molecule has 12 nitrogen and oxygen atoms in total. The van der Waals surface area contributed by atoms with Crippen LogP contribution >= 0.6 is 0 Å². The van der Waals surface area contributed by atoms with Gasteiger partial charge in [-0.2, -0.15) is 29.9 Å². The lowest BCUT2D eigenvalue weighted by Gasteiger charge is -2.05. The van der Waals surface area contributed by atoms with E-state index in [9.17, 15) is 0 Å². The van der Waals surface area contributed by atoms with Crippen LogP contribution in [0, 0.1) is 0 Å². The second-order valence-electron chi connectivity index (χ2n) is 5.62. The fourth-order valence-electron chi connectivity index (χ4n) is 2.43. The van der Waals surface area contributed by atoms with E-state index in [2.05, 4.69) is 39.9 Å². The van der Waals surface area contributed by atoms with E-state index in [0.717, 1.165) is 0 Å². The van der Waals surface area contributed by atoms with Crippen LogP contribution in [-0.2, 0) is 0 Å². The van der Waals surface area contributed by atoms with Gasteiger partial charge in [-0.05, 0) is 24.3 Å². The molecule has 0 atom stereocenters. The first-order valence-electron chi connectivity index (χ1n) is 7.95. The Kier molecular flexibility index (Phi) is 4.04. The van der Waals surface area contributed by atoms with Crippen molar-refractivity contribution in [2.75, 3.05) is 22.9 Å². The molecule has 0 aliphatic carbocycles. The van der Waals surface area contributed by atoms with E-state index < -0.39 is 0 Å². The number of hydrogen-bond acceptors (Lipinski definition) is 12. The lowest BCUT2D eigenvalue weighted by atomic mass is 10.2. The quantitative estimate of drug-likeness (QED) is 0.378. The van der Waals surface area contributed by atoms with Crippen molar-refractivity contribution in [3.05, 3.63) is 36.7 Å². The number of nitrogens with zero attached hydrogens (tertiary/aromatic N) is 8. The minimum absolute atomic E-state index is 0.0448. The van der Waals surface area contributed by atoms with Crippen LogP contribution in [0.25, 0.3) is 34.2 Å². The Labute approximate surface area is 158 Å². The summed E-state index contributed by atoms with van der Waals surface area (Å²) in [4.78, 5) is 32.4. The molecule has 0 amide bonds. The highest BCUT2D eigenvalue weighted by atomic mass is 15.1. The van der Waals surface area contributed by atoms with E-state index in [1.165, 1.54) is 0 Å². The molecule has 12 heteroatoms. The summed E-state index contributed by atoms with van der Waals surface area (Å²) in [5.74, 6) is 0.869. The number of aromatic nitrogens is 8. The third-order valence-corrected chi connectivity index (χ3v) is 3.65. The molecule has 4 rings (SSSR count). The molecule has 4 aromatic rings. The standard InChI is InChI=1S/C16H14N12/c17-13-23-11(24-14(18)27-13)7-1-3-9(21-5-7)10-4-2-8(6-22-10)12-25-15(19)28-16(20)26-12/h1-6H,(H4,17,18,23,24,27)(H4,19,20,25,26,28). The van der Waals surface area contributed by atoms with Gasteiger partial charge in [-0.15, -0.1) is 0 Å². The Hall–Kier alpha value is -4.48. The highest BCUT2D eigenvalue weighted by molar-refractivity contribution is 5.64. The summed E-state index contributed by atoms with van der Waals surface area (Å²) in [5.41, 5.74) is 25.0. The van der Waals surface area contributed by atoms with Gasteiger partial charge in [-0.1, -0.05) is 0 Å². The summed E-state index contributed by atoms with van der Waals surface area (Å²) < 4.78 is 0. The number of hydrogen-bond donors (Lipinski definition) is 4. The molecule has 0 aromatic carbocycles. The third-order valence-electron chi connectivity index (χ3n) is 3.65. The zero-order chi connectivity index (χ0) is 19.7. The Morgan fingerprint density at radius 2 is 0.821 bits per heavy atom. The molecule has 4 heterocycles. The van der Waals surface area contributed by atoms with Crippen molar-refractivity contribution in [2.45, 2.75) is 0 Å². The summed E-state index contributed by atoms with van der Waals surface area (Å²) >= 11 is 0. The third kappa shape index (κ3) is 3.41. The second-order valence-corrected chi connectivity index (χ2v) is 5.62. The van der Waals surface area contributed by atoms with E-state index in [1.807, 2.05) is 0 Å². The van der Waals surface area contributed by atoms with Gasteiger partial charge in [0.25, 0.3) is 0 Å². The van der Waals surface area contributed by atoms with Crippen molar-refractivity contribution in [1.82, 2.24) is 39.9 Å². The zero-order valence-corrected chi connectivity index (χ0v) is 14.4. The lowest BCUT2D eigenvalue weighted by Crippen LogP contribution is -2.04. The molecule has 28 heavy (non-hydrogen) atoms. The van der Waals surface area contributed by atoms with Crippen molar-refractivity contribution >= 4 is 23.8 Å². The van der Waals surface area contributed by atoms with E-state index in [4.69, 9.17) is 22.9 Å². The molecule has 8 N–H and O–H groups in total. The minimum atomic E-state index is 0.0448. The molecule has 0 spiro atoms. The number of rotatable bonds is 3. The van der Waals surface area contributed by atoms with Gasteiger partial charge in [-0.3, -0.25) is 9.97 Å². The number of pyridine rings is 2. The molecular formula is C16H14N12. The van der Waals surface area contributed by atoms with Crippen molar-refractivity contribution in [3.63, 3.8) is 0 Å². The first-order valence-corrected chi connectivity index (χ1v) is 7.95. The highest BCUT2D eigenvalue weighted by Gasteiger charge is 2.09. The van der Waals surface area contributed by atoms with Gasteiger partial charge in [0.1, 0.15) is 0 Å². The zero-order valence-electron chi connectivity index (χ0n) is 14.4. The fourth-order valence-corrected chi connectivity index (χ4v) is 2.43. The van der Waals surface area contributed by atoms with Gasteiger partial charge in [0, 0.05) is 23.5 Å². The van der Waals surface area contributed by atoms with E-state index >= 15 is 0 Å². The Bertz CT molecular complexity index is 1010. The van der Waals surface area contributed by atoms with E-state index in [0.29, 0.717) is 34.2 Å². The predicted molar refractivity (Wildman–Crippen MR) is 103 cm³/mol. The molecule has 0 aliphatic heterocycles. The van der Waals surface area contributed by atoms with Gasteiger partial charge in [0.15, 0.2) is 11.6 Å². The average molecular weight is 374 g/mol. The van der Waals surface area contributed by atoms with Crippen LogP contribution in [-0.4, -0.2) is 39.9 Å². The van der Waals surface area contributed by atoms with Crippen molar-refractivity contribution < 1.29 is 0 Å². The van der Waals surface area contributed by atoms with Crippen LogP contribution < -0.4 is 22.9 Å². The van der Waals surface area contributed by atoms with Crippen molar-refractivity contribution in [2.24, 2.45) is 0 Å². The monoisotopic (exact) mass is 374 g/mol. The maximum absolute atomic E-state index is 5.60. The van der Waals surface area contributed by atoms with Crippen molar-refractivity contribution in [3.8, 4) is 34.2 Å². The lowest BCUT2D eigenvalue weighted by molar-refractivity contribution is 1.08. The van der Waals surface area contributed by atoms with Crippen LogP contribution in [0.5, 0.6) is 0 Å². The largest absolute Gasteiger partial charge is 0.368 e. The Balaban J connectivity index is 1.61. The van der Waals surface area contributed by atoms with Gasteiger partial charge in [-0.25, -0.2) is 0 Å². The summed E-state index contributed by atoms with van der Waals surface area (Å²) in [6.07, 6.45) is 3.21.